The highest BCUT2D eigenvalue weighted by atomic mass is 32.1. The van der Waals surface area contributed by atoms with Crippen LogP contribution in [0.1, 0.15) is 0 Å². The average molecular weight is 745 g/mol. The third-order valence-electron chi connectivity index (χ3n) is 11.3. The van der Waals surface area contributed by atoms with E-state index in [4.69, 9.17) is 9.97 Å². The highest BCUT2D eigenvalue weighted by Crippen LogP contribution is 2.44. The predicted octanol–water partition coefficient (Wildman–Crippen LogP) is 14.0. The van der Waals surface area contributed by atoms with Gasteiger partial charge in [0.1, 0.15) is 0 Å². The minimum atomic E-state index is 0.704. The first-order valence-electron chi connectivity index (χ1n) is 19.2. The molecule has 0 aliphatic carbocycles. The summed E-state index contributed by atoms with van der Waals surface area (Å²) >= 11 is 1.88. The molecule has 0 fully saturated rings. The smallest absolute Gasteiger partial charge is 0.160 e. The van der Waals surface area contributed by atoms with E-state index in [9.17, 15) is 0 Å². The lowest BCUT2D eigenvalue weighted by Crippen LogP contribution is -1.97. The number of benzene rings is 8. The maximum Gasteiger partial charge on any atom is 0.160 e. The van der Waals surface area contributed by atoms with E-state index in [2.05, 4.69) is 191 Å². The summed E-state index contributed by atoms with van der Waals surface area (Å²) in [5.74, 6) is 0.704. The molecule has 4 aromatic heterocycles. The van der Waals surface area contributed by atoms with Crippen LogP contribution < -0.4 is 0 Å². The third-order valence-corrected chi connectivity index (χ3v) is 12.4. The molecule has 0 saturated heterocycles. The zero-order valence-corrected chi connectivity index (χ0v) is 31.5. The van der Waals surface area contributed by atoms with Gasteiger partial charge in [-0.1, -0.05) is 115 Å². The van der Waals surface area contributed by atoms with Gasteiger partial charge in [0, 0.05) is 69.8 Å². The molecule has 4 nitrogen and oxygen atoms in total. The van der Waals surface area contributed by atoms with Crippen molar-refractivity contribution in [3.63, 3.8) is 0 Å². The van der Waals surface area contributed by atoms with Crippen LogP contribution in [-0.4, -0.2) is 19.1 Å². The van der Waals surface area contributed by atoms with Gasteiger partial charge in [-0.3, -0.25) is 0 Å². The van der Waals surface area contributed by atoms with Crippen LogP contribution in [0.15, 0.2) is 194 Å². The Hall–Kier alpha value is -7.34. The van der Waals surface area contributed by atoms with Crippen molar-refractivity contribution >= 4 is 75.1 Å². The van der Waals surface area contributed by atoms with Crippen molar-refractivity contribution in [1.82, 2.24) is 19.1 Å². The molecule has 0 aliphatic rings. The van der Waals surface area contributed by atoms with Gasteiger partial charge in [-0.05, 0) is 78.9 Å². The Morgan fingerprint density at radius 2 is 0.789 bits per heavy atom. The Kier molecular flexibility index (Phi) is 7.06. The molecule has 0 atom stereocenters. The Morgan fingerprint density at radius 1 is 0.316 bits per heavy atom. The van der Waals surface area contributed by atoms with Gasteiger partial charge in [0.2, 0.25) is 0 Å². The molecule has 8 aromatic carbocycles. The fourth-order valence-corrected chi connectivity index (χ4v) is 9.82. The summed E-state index contributed by atoms with van der Waals surface area (Å²) in [7, 11) is 0. The quantitative estimate of drug-likeness (QED) is 0.176. The van der Waals surface area contributed by atoms with Crippen molar-refractivity contribution < 1.29 is 0 Å². The summed E-state index contributed by atoms with van der Waals surface area (Å²) < 4.78 is 7.40. The van der Waals surface area contributed by atoms with Gasteiger partial charge in [-0.15, -0.1) is 11.3 Å². The van der Waals surface area contributed by atoms with Gasteiger partial charge in [-0.25, -0.2) is 9.97 Å². The van der Waals surface area contributed by atoms with Gasteiger partial charge in [0.15, 0.2) is 5.82 Å². The molecule has 0 unspecified atom stereocenters. The van der Waals surface area contributed by atoms with Gasteiger partial charge in [0.05, 0.1) is 33.5 Å². The number of rotatable bonds is 5. The van der Waals surface area contributed by atoms with Crippen molar-refractivity contribution in [3.8, 4) is 45.3 Å². The zero-order valence-electron chi connectivity index (χ0n) is 30.7. The van der Waals surface area contributed by atoms with Crippen LogP contribution in [0, 0.1) is 0 Å². The van der Waals surface area contributed by atoms with Crippen molar-refractivity contribution in [1.29, 1.82) is 0 Å². The van der Waals surface area contributed by atoms with Crippen LogP contribution in [0.4, 0.5) is 0 Å². The highest BCUT2D eigenvalue weighted by Gasteiger charge is 2.19. The number of hydrogen-bond donors (Lipinski definition) is 0. The molecule has 0 aliphatic heterocycles. The van der Waals surface area contributed by atoms with E-state index in [1.54, 1.807) is 0 Å². The van der Waals surface area contributed by atoms with E-state index in [1.165, 1.54) is 69.5 Å². The second-order valence-electron chi connectivity index (χ2n) is 14.6. The van der Waals surface area contributed by atoms with Crippen LogP contribution in [0.2, 0.25) is 0 Å². The predicted molar refractivity (Wildman–Crippen MR) is 240 cm³/mol. The second-order valence-corrected chi connectivity index (χ2v) is 15.7. The average Bonchev–Trinajstić information content (AvgIpc) is 3.92. The minimum Gasteiger partial charge on any atom is -0.309 e. The summed E-state index contributed by atoms with van der Waals surface area (Å²) in [4.78, 5) is 10.2. The van der Waals surface area contributed by atoms with Crippen molar-refractivity contribution in [2.75, 3.05) is 0 Å². The van der Waals surface area contributed by atoms with Crippen molar-refractivity contribution in [2.45, 2.75) is 0 Å². The SMILES string of the molecule is c1ccc(-c2cc(-c3ccccc3)nc(-c3ccc(-n4c5ccccc5c5cc6sc7cc8c(cc7c6cc54)c4ccccc4n8-c4ccccc4)cc3)n2)cc1. The van der Waals surface area contributed by atoms with E-state index < -0.39 is 0 Å². The Labute approximate surface area is 332 Å². The lowest BCUT2D eigenvalue weighted by molar-refractivity contribution is 1.16. The molecule has 4 heterocycles. The monoisotopic (exact) mass is 744 g/mol. The Balaban J connectivity index is 1.03. The number of thiophene rings is 1. The van der Waals surface area contributed by atoms with E-state index in [0.29, 0.717) is 5.82 Å². The molecule has 0 amide bonds. The fraction of sp³-hybridized carbons (Fsp3) is 0. The van der Waals surface area contributed by atoms with E-state index in [1.807, 2.05) is 23.5 Å². The highest BCUT2D eigenvalue weighted by molar-refractivity contribution is 7.26. The Bertz CT molecular complexity index is 3430. The lowest BCUT2D eigenvalue weighted by Gasteiger charge is -2.11. The van der Waals surface area contributed by atoms with Crippen molar-refractivity contribution in [3.05, 3.63) is 194 Å². The van der Waals surface area contributed by atoms with Crippen molar-refractivity contribution in [2.24, 2.45) is 0 Å². The number of hydrogen-bond acceptors (Lipinski definition) is 3. The fourth-order valence-electron chi connectivity index (χ4n) is 8.68. The normalized spacial score (nSPS) is 11.9. The molecular formula is C52H32N4S. The van der Waals surface area contributed by atoms with E-state index in [0.717, 1.165) is 33.8 Å². The number of aromatic nitrogens is 4. The number of nitrogens with zero attached hydrogens (tertiary/aromatic N) is 4. The van der Waals surface area contributed by atoms with Crippen LogP contribution >= 0.6 is 11.3 Å². The molecule has 0 bridgehead atoms. The van der Waals surface area contributed by atoms with Gasteiger partial charge in [-0.2, -0.15) is 0 Å². The summed E-state index contributed by atoms with van der Waals surface area (Å²) in [5.41, 5.74) is 12.0. The molecule has 5 heteroatoms. The molecule has 57 heavy (non-hydrogen) atoms. The molecule has 0 N–H and O–H groups in total. The summed E-state index contributed by atoms with van der Waals surface area (Å²) in [6.45, 7) is 0. The molecule has 12 aromatic rings. The third kappa shape index (κ3) is 5.06. The number of para-hydroxylation sites is 3. The van der Waals surface area contributed by atoms with Crippen LogP contribution in [-0.2, 0) is 0 Å². The summed E-state index contributed by atoms with van der Waals surface area (Å²) in [5, 5.41) is 7.60. The topological polar surface area (TPSA) is 35.6 Å². The second kappa shape index (κ2) is 12.6. The van der Waals surface area contributed by atoms with E-state index >= 15 is 0 Å². The van der Waals surface area contributed by atoms with Crippen LogP contribution in [0.25, 0.3) is 109 Å². The first kappa shape index (κ1) is 32.0. The van der Waals surface area contributed by atoms with Crippen LogP contribution in [0.5, 0.6) is 0 Å². The largest absolute Gasteiger partial charge is 0.309 e. The first-order valence-corrected chi connectivity index (χ1v) is 20.1. The van der Waals surface area contributed by atoms with Gasteiger partial charge in [0.25, 0.3) is 0 Å². The number of fused-ring (bicyclic) bond motifs is 9. The summed E-state index contributed by atoms with van der Waals surface area (Å²) in [6.07, 6.45) is 0. The Morgan fingerprint density at radius 3 is 1.40 bits per heavy atom. The maximum atomic E-state index is 5.09. The molecule has 0 saturated carbocycles. The molecular weight excluding hydrogens is 713 g/mol. The van der Waals surface area contributed by atoms with Gasteiger partial charge < -0.3 is 9.13 Å². The minimum absolute atomic E-state index is 0.704. The van der Waals surface area contributed by atoms with Gasteiger partial charge >= 0.3 is 0 Å². The maximum absolute atomic E-state index is 5.09. The molecule has 12 rings (SSSR count). The molecule has 266 valence electrons. The molecule has 0 spiro atoms. The summed E-state index contributed by atoms with van der Waals surface area (Å²) in [6, 6.07) is 69.4. The lowest BCUT2D eigenvalue weighted by atomic mass is 10.1. The van der Waals surface area contributed by atoms with E-state index in [-0.39, 0.29) is 0 Å². The molecule has 0 radical (unpaired) electrons. The van der Waals surface area contributed by atoms with Crippen LogP contribution in [0.3, 0.4) is 0 Å². The first-order chi connectivity index (χ1) is 28.2. The standard InChI is InChI=1S/C52H32N4S/c1-4-14-33(15-5-1)44-31-45(34-16-6-2-7-17-34)54-52(53-44)35-24-26-37(27-25-35)56-47-23-13-11-21-39(47)41-30-50-43(29-48(41)56)42-28-40-38-20-10-12-22-46(38)55(36-18-8-3-9-19-36)49(40)32-51(42)57-50/h1-32H. The zero-order chi connectivity index (χ0) is 37.5.